The van der Waals surface area contributed by atoms with Crippen LogP contribution in [0, 0.1) is 0 Å². The smallest absolute Gasteiger partial charge is 0.324 e. The molecule has 2 aromatic rings. The molecule has 0 bridgehead atoms. The Morgan fingerprint density at radius 1 is 1.25 bits per heavy atom. The van der Waals surface area contributed by atoms with Crippen molar-refractivity contribution in [1.82, 2.24) is 9.55 Å². The van der Waals surface area contributed by atoms with Crippen molar-refractivity contribution in [3.63, 3.8) is 0 Å². The summed E-state index contributed by atoms with van der Waals surface area (Å²) in [4.78, 5) is 3.82. The number of alkyl halides is 3. The molecule has 0 saturated heterocycles. The van der Waals surface area contributed by atoms with Crippen LogP contribution in [0.15, 0.2) is 24.3 Å². The number of imidazole rings is 1. The predicted octanol–water partition coefficient (Wildman–Crippen LogP) is 2.39. The third kappa shape index (κ3) is 1.98. The molecule has 3 nitrogen and oxygen atoms in total. The number of para-hydroxylation sites is 2. The SMILES string of the molecule is Cl.NCc1nc2ccccc2n1C(F)(F)F. The van der Waals surface area contributed by atoms with Crippen LogP contribution in [-0.4, -0.2) is 9.55 Å². The molecule has 0 spiro atoms. The van der Waals surface area contributed by atoms with Gasteiger partial charge < -0.3 is 5.73 Å². The van der Waals surface area contributed by atoms with Gasteiger partial charge in [0, 0.05) is 0 Å². The molecule has 0 aliphatic carbocycles. The molecule has 0 amide bonds. The van der Waals surface area contributed by atoms with Crippen molar-refractivity contribution in [2.24, 2.45) is 5.73 Å². The maximum absolute atomic E-state index is 12.7. The van der Waals surface area contributed by atoms with E-state index in [4.69, 9.17) is 5.73 Å². The van der Waals surface area contributed by atoms with E-state index < -0.39 is 6.30 Å². The van der Waals surface area contributed by atoms with Crippen LogP contribution < -0.4 is 5.73 Å². The highest BCUT2D eigenvalue weighted by molar-refractivity contribution is 5.85. The molecule has 0 fully saturated rings. The van der Waals surface area contributed by atoms with Gasteiger partial charge >= 0.3 is 6.30 Å². The minimum Gasteiger partial charge on any atom is -0.324 e. The second-order valence-electron chi connectivity index (χ2n) is 3.02. The number of aromatic nitrogens is 2. The fraction of sp³-hybridized carbons (Fsp3) is 0.222. The molecule has 1 heterocycles. The van der Waals surface area contributed by atoms with Crippen LogP contribution in [-0.2, 0) is 12.8 Å². The van der Waals surface area contributed by atoms with Gasteiger partial charge in [0.1, 0.15) is 5.82 Å². The zero-order chi connectivity index (χ0) is 11.1. The molecule has 7 heteroatoms. The van der Waals surface area contributed by atoms with Crippen LogP contribution in [0.3, 0.4) is 0 Å². The van der Waals surface area contributed by atoms with E-state index in [0.717, 1.165) is 0 Å². The molecular weight excluding hydrogens is 243 g/mol. The summed E-state index contributed by atoms with van der Waals surface area (Å²) in [6.07, 6.45) is -4.48. The summed E-state index contributed by atoms with van der Waals surface area (Å²) in [7, 11) is 0. The molecule has 88 valence electrons. The zero-order valence-corrected chi connectivity index (χ0v) is 8.85. The summed E-state index contributed by atoms with van der Waals surface area (Å²) >= 11 is 0. The number of hydrogen-bond acceptors (Lipinski definition) is 2. The molecule has 0 radical (unpaired) electrons. The van der Waals surface area contributed by atoms with E-state index in [1.165, 1.54) is 18.2 Å². The summed E-state index contributed by atoms with van der Waals surface area (Å²) < 4.78 is 38.2. The van der Waals surface area contributed by atoms with Gasteiger partial charge in [0.25, 0.3) is 0 Å². The first-order valence-electron chi connectivity index (χ1n) is 4.27. The summed E-state index contributed by atoms with van der Waals surface area (Å²) in [5.74, 6) is -0.177. The van der Waals surface area contributed by atoms with Crippen LogP contribution >= 0.6 is 12.4 Å². The largest absolute Gasteiger partial charge is 0.490 e. The van der Waals surface area contributed by atoms with Gasteiger partial charge in [-0.15, -0.1) is 25.6 Å². The van der Waals surface area contributed by atoms with Gasteiger partial charge in [0.2, 0.25) is 0 Å². The fourth-order valence-electron chi connectivity index (χ4n) is 1.50. The quantitative estimate of drug-likeness (QED) is 0.846. The lowest BCUT2D eigenvalue weighted by Crippen LogP contribution is -2.21. The van der Waals surface area contributed by atoms with Crippen LogP contribution in [0.2, 0.25) is 0 Å². The highest BCUT2D eigenvalue weighted by Crippen LogP contribution is 2.29. The van der Waals surface area contributed by atoms with E-state index in [1.807, 2.05) is 0 Å². The van der Waals surface area contributed by atoms with E-state index in [-0.39, 0.29) is 34.9 Å². The Hall–Kier alpha value is -1.27. The van der Waals surface area contributed by atoms with Crippen LogP contribution in [0.1, 0.15) is 5.82 Å². The molecule has 0 saturated carbocycles. The number of rotatable bonds is 1. The molecule has 1 aromatic carbocycles. The topological polar surface area (TPSA) is 43.8 Å². The second kappa shape index (κ2) is 4.31. The van der Waals surface area contributed by atoms with Gasteiger partial charge in [0.05, 0.1) is 17.6 Å². The fourth-order valence-corrected chi connectivity index (χ4v) is 1.50. The van der Waals surface area contributed by atoms with Gasteiger partial charge in [-0.25, -0.2) is 9.55 Å². The van der Waals surface area contributed by atoms with Crippen LogP contribution in [0.4, 0.5) is 13.2 Å². The molecule has 16 heavy (non-hydrogen) atoms. The maximum atomic E-state index is 12.7. The van der Waals surface area contributed by atoms with Crippen LogP contribution in [0.5, 0.6) is 0 Å². The predicted molar refractivity (Wildman–Crippen MR) is 56.2 cm³/mol. The van der Waals surface area contributed by atoms with Crippen LogP contribution in [0.25, 0.3) is 11.0 Å². The minimum absolute atomic E-state index is 0. The first-order valence-corrected chi connectivity index (χ1v) is 4.27. The van der Waals surface area contributed by atoms with Crippen molar-refractivity contribution >= 4 is 23.4 Å². The van der Waals surface area contributed by atoms with E-state index in [0.29, 0.717) is 5.52 Å². The number of hydrogen-bond donors (Lipinski definition) is 1. The van der Waals surface area contributed by atoms with Crippen molar-refractivity contribution in [1.29, 1.82) is 0 Å². The number of benzene rings is 1. The molecule has 0 atom stereocenters. The van der Waals surface area contributed by atoms with E-state index in [1.54, 1.807) is 6.07 Å². The molecule has 2 N–H and O–H groups in total. The Balaban J connectivity index is 0.00000128. The van der Waals surface area contributed by atoms with E-state index in [2.05, 4.69) is 4.98 Å². The first kappa shape index (κ1) is 12.8. The van der Waals surface area contributed by atoms with Gasteiger partial charge in [-0.2, -0.15) is 0 Å². The Bertz CT molecular complexity index is 492. The summed E-state index contributed by atoms with van der Waals surface area (Å²) in [6.45, 7) is -0.242. The lowest BCUT2D eigenvalue weighted by molar-refractivity contribution is -0.202. The zero-order valence-electron chi connectivity index (χ0n) is 8.03. The van der Waals surface area contributed by atoms with Gasteiger partial charge in [-0.05, 0) is 12.1 Å². The lowest BCUT2D eigenvalue weighted by Gasteiger charge is -2.11. The molecule has 0 aliphatic rings. The van der Waals surface area contributed by atoms with Gasteiger partial charge in [-0.1, -0.05) is 12.1 Å². The lowest BCUT2D eigenvalue weighted by atomic mass is 10.3. The van der Waals surface area contributed by atoms with Crippen molar-refractivity contribution in [2.45, 2.75) is 12.8 Å². The molecule has 0 unspecified atom stereocenters. The highest BCUT2D eigenvalue weighted by Gasteiger charge is 2.34. The molecule has 2 rings (SSSR count). The average molecular weight is 252 g/mol. The van der Waals surface area contributed by atoms with Crippen molar-refractivity contribution in [3.05, 3.63) is 30.1 Å². The molecule has 0 aliphatic heterocycles. The average Bonchev–Trinajstić information content (AvgIpc) is 2.54. The Labute approximate surface area is 95.5 Å². The Kier molecular flexibility index (Phi) is 3.44. The number of nitrogens with two attached hydrogens (primary N) is 1. The third-order valence-electron chi connectivity index (χ3n) is 2.07. The number of halogens is 4. The van der Waals surface area contributed by atoms with Crippen molar-refractivity contribution < 1.29 is 13.2 Å². The standard InChI is InChI=1S/C9H8F3N3.ClH/c10-9(11,12)15-7-4-2-1-3-6(7)14-8(15)5-13;/h1-4H,5,13H2;1H. The maximum Gasteiger partial charge on any atom is 0.490 e. The van der Waals surface area contributed by atoms with E-state index in [9.17, 15) is 13.2 Å². The second-order valence-corrected chi connectivity index (χ2v) is 3.02. The van der Waals surface area contributed by atoms with Crippen molar-refractivity contribution in [3.8, 4) is 0 Å². The number of nitrogens with zero attached hydrogens (tertiary/aromatic N) is 2. The Morgan fingerprint density at radius 2 is 1.88 bits per heavy atom. The van der Waals surface area contributed by atoms with E-state index >= 15 is 0 Å². The molecule has 1 aromatic heterocycles. The minimum atomic E-state index is -4.48. The van der Waals surface area contributed by atoms with Crippen molar-refractivity contribution in [2.75, 3.05) is 0 Å². The Morgan fingerprint density at radius 3 is 2.44 bits per heavy atom. The summed E-state index contributed by atoms with van der Waals surface area (Å²) in [5.41, 5.74) is 5.56. The summed E-state index contributed by atoms with van der Waals surface area (Å²) in [6, 6.07) is 6.06. The van der Waals surface area contributed by atoms with Gasteiger partial charge in [-0.3, -0.25) is 0 Å². The molecular formula is C9H9ClF3N3. The van der Waals surface area contributed by atoms with Gasteiger partial charge in [0.15, 0.2) is 0 Å². The third-order valence-corrected chi connectivity index (χ3v) is 2.07. The number of fused-ring (bicyclic) bond motifs is 1. The normalized spacial score (nSPS) is 11.5. The monoisotopic (exact) mass is 251 g/mol. The summed E-state index contributed by atoms with van der Waals surface area (Å²) in [5, 5.41) is 0. The highest BCUT2D eigenvalue weighted by atomic mass is 35.5. The first-order chi connectivity index (χ1) is 7.04.